The lowest BCUT2D eigenvalue weighted by Gasteiger charge is -2.73. The summed E-state index contributed by atoms with van der Waals surface area (Å²) in [5.41, 5.74) is -6.22. The van der Waals surface area contributed by atoms with Gasteiger partial charge in [-0.25, -0.2) is 27.2 Å². The van der Waals surface area contributed by atoms with Gasteiger partial charge in [0.1, 0.15) is 18.0 Å². The third-order valence-electron chi connectivity index (χ3n) is 6.93. The van der Waals surface area contributed by atoms with E-state index in [-0.39, 0.29) is 30.8 Å². The molecule has 3 aliphatic rings. The summed E-state index contributed by atoms with van der Waals surface area (Å²) in [7, 11) is 0. The molecule has 3 aliphatic carbocycles. The van der Waals surface area contributed by atoms with Crippen LogP contribution in [0.5, 0.6) is 5.88 Å². The Morgan fingerprint density at radius 1 is 1.03 bits per heavy atom. The normalized spacial score (nSPS) is 25.0. The lowest BCUT2D eigenvalue weighted by Crippen LogP contribution is -2.76. The maximum Gasteiger partial charge on any atom is 0.422 e. The molecule has 36 heavy (non-hydrogen) atoms. The number of ether oxygens (including phenoxy) is 1. The quantitative estimate of drug-likeness (QED) is 0.457. The van der Waals surface area contributed by atoms with E-state index in [2.05, 4.69) is 30.2 Å². The Hall–Kier alpha value is -3.36. The topological polar surface area (TPSA) is 98.8 Å². The fourth-order valence-electron chi connectivity index (χ4n) is 5.32. The maximum absolute atomic E-state index is 16.1. The van der Waals surface area contributed by atoms with Crippen molar-refractivity contribution < 1.29 is 40.6 Å². The summed E-state index contributed by atoms with van der Waals surface area (Å²) < 4.78 is 103. The van der Waals surface area contributed by atoms with Crippen LogP contribution in [0.1, 0.15) is 30.5 Å². The van der Waals surface area contributed by atoms with Crippen LogP contribution in [0.4, 0.5) is 30.7 Å². The zero-order valence-corrected chi connectivity index (χ0v) is 18.2. The predicted octanol–water partition coefficient (Wildman–Crippen LogP) is 3.33. The third kappa shape index (κ3) is 3.67. The van der Waals surface area contributed by atoms with Crippen LogP contribution in [-0.2, 0) is 17.6 Å². The van der Waals surface area contributed by atoms with Crippen LogP contribution in [0, 0.1) is 17.0 Å². The van der Waals surface area contributed by atoms with Gasteiger partial charge in [0.2, 0.25) is 5.88 Å². The van der Waals surface area contributed by atoms with Crippen molar-refractivity contribution in [3.8, 4) is 5.88 Å². The van der Waals surface area contributed by atoms with E-state index in [0.29, 0.717) is 6.07 Å². The van der Waals surface area contributed by atoms with Crippen molar-refractivity contribution in [1.82, 2.24) is 30.2 Å². The molecule has 0 spiro atoms. The Kier molecular flexibility index (Phi) is 5.29. The van der Waals surface area contributed by atoms with E-state index >= 15 is 8.78 Å². The van der Waals surface area contributed by atoms with E-state index in [1.54, 1.807) is 0 Å². The monoisotopic (exact) mass is 518 g/mol. The Morgan fingerprint density at radius 2 is 1.75 bits per heavy atom. The average Bonchev–Trinajstić information content (AvgIpc) is 3.23. The van der Waals surface area contributed by atoms with Gasteiger partial charge in [-0.3, -0.25) is 4.98 Å². The molecule has 0 amide bonds. The molecule has 0 aliphatic heterocycles. The second kappa shape index (κ2) is 7.82. The minimum absolute atomic E-state index is 0.148. The summed E-state index contributed by atoms with van der Waals surface area (Å²) >= 11 is 0. The maximum atomic E-state index is 16.1. The molecule has 192 valence electrons. The van der Waals surface area contributed by atoms with Gasteiger partial charge in [0.05, 0.1) is 24.6 Å². The summed E-state index contributed by atoms with van der Waals surface area (Å²) in [5.74, 6) is -6.65. The molecule has 1 atom stereocenters. The molecule has 3 fully saturated rings. The van der Waals surface area contributed by atoms with Crippen LogP contribution in [-0.4, -0.2) is 54.0 Å². The number of alkyl halides is 5. The van der Waals surface area contributed by atoms with Crippen LogP contribution >= 0.6 is 0 Å². The van der Waals surface area contributed by atoms with Crippen LogP contribution in [0.3, 0.4) is 0 Å². The van der Waals surface area contributed by atoms with Crippen molar-refractivity contribution >= 4 is 0 Å². The van der Waals surface area contributed by atoms with E-state index in [4.69, 9.17) is 0 Å². The van der Waals surface area contributed by atoms with Gasteiger partial charge in [-0.2, -0.15) is 13.2 Å². The summed E-state index contributed by atoms with van der Waals surface area (Å²) in [4.78, 5) is 7.81. The third-order valence-corrected chi connectivity index (χ3v) is 6.93. The van der Waals surface area contributed by atoms with Crippen molar-refractivity contribution in [3.05, 3.63) is 59.8 Å². The largest absolute Gasteiger partial charge is 0.467 e. The van der Waals surface area contributed by atoms with Gasteiger partial charge in [0.25, 0.3) is 5.92 Å². The molecule has 2 aromatic heterocycles. The van der Waals surface area contributed by atoms with Gasteiger partial charge in [0.15, 0.2) is 12.2 Å². The molecule has 3 saturated carbocycles. The lowest BCUT2D eigenvalue weighted by molar-refractivity contribution is -0.348. The Morgan fingerprint density at radius 3 is 2.31 bits per heavy atom. The molecule has 15 heteroatoms. The molecule has 2 bridgehead atoms. The summed E-state index contributed by atoms with van der Waals surface area (Å²) in [6.45, 7) is -2.46. The zero-order valence-electron chi connectivity index (χ0n) is 18.2. The first-order chi connectivity index (χ1) is 16.8. The number of aromatic nitrogens is 6. The fourth-order valence-corrected chi connectivity index (χ4v) is 5.32. The minimum atomic E-state index is -4.56. The number of hydrogen-bond donors (Lipinski definition) is 1. The van der Waals surface area contributed by atoms with E-state index in [1.807, 2.05) is 0 Å². The van der Waals surface area contributed by atoms with Gasteiger partial charge in [-0.1, -0.05) is 0 Å². The molecule has 1 aromatic carbocycles. The highest BCUT2D eigenvalue weighted by Gasteiger charge is 2.82. The van der Waals surface area contributed by atoms with Crippen molar-refractivity contribution in [2.45, 2.75) is 48.9 Å². The number of nitrogens with zero attached hydrogens (tertiary/aromatic N) is 6. The molecule has 2 heterocycles. The minimum Gasteiger partial charge on any atom is -0.467 e. The van der Waals surface area contributed by atoms with Gasteiger partial charge < -0.3 is 9.84 Å². The molecular weight excluding hydrogens is 501 g/mol. The molecule has 0 radical (unpaired) electrons. The number of rotatable bonds is 8. The average molecular weight is 518 g/mol. The van der Waals surface area contributed by atoms with Crippen LogP contribution in [0.15, 0.2) is 36.9 Å². The Labute approximate surface area is 198 Å². The smallest absolute Gasteiger partial charge is 0.422 e. The first kappa shape index (κ1) is 24.3. The lowest BCUT2D eigenvalue weighted by atomic mass is 9.31. The van der Waals surface area contributed by atoms with Gasteiger partial charge in [-0.05, 0) is 41.8 Å². The fraction of sp³-hybridized carbons (Fsp3) is 0.476. The summed E-state index contributed by atoms with van der Waals surface area (Å²) in [5, 5.41) is 21.5. The number of hydrogen-bond acceptors (Lipinski definition) is 7. The van der Waals surface area contributed by atoms with Crippen molar-refractivity contribution in [3.63, 3.8) is 0 Å². The molecule has 1 N–H and O–H groups in total. The SMILES string of the molecule is OC(Cn1cnnn1)(c1ccc(F)cc1F)C(F)(F)C12CC(c3cnc(OCC(F)(F)F)cn3)(C1)C2. The Balaban J connectivity index is 1.39. The van der Waals surface area contributed by atoms with Crippen LogP contribution in [0.25, 0.3) is 0 Å². The van der Waals surface area contributed by atoms with Crippen LogP contribution in [0.2, 0.25) is 0 Å². The highest BCUT2D eigenvalue weighted by molar-refractivity contribution is 5.40. The van der Waals surface area contributed by atoms with Crippen molar-refractivity contribution in [2.75, 3.05) is 6.61 Å². The molecule has 8 nitrogen and oxygen atoms in total. The van der Waals surface area contributed by atoms with E-state index in [0.717, 1.165) is 29.3 Å². The van der Waals surface area contributed by atoms with Gasteiger partial charge >= 0.3 is 6.18 Å². The number of halogens is 7. The first-order valence-corrected chi connectivity index (χ1v) is 10.6. The van der Waals surface area contributed by atoms with Crippen molar-refractivity contribution in [1.29, 1.82) is 0 Å². The Bertz CT molecular complexity index is 1250. The number of benzene rings is 1. The molecule has 3 aromatic rings. The second-order valence-corrected chi connectivity index (χ2v) is 9.30. The van der Waals surface area contributed by atoms with E-state index < -0.39 is 58.9 Å². The first-order valence-electron chi connectivity index (χ1n) is 10.6. The number of aliphatic hydroxyl groups is 1. The molecule has 1 unspecified atom stereocenters. The predicted molar refractivity (Wildman–Crippen MR) is 105 cm³/mol. The number of tetrazole rings is 1. The highest BCUT2D eigenvalue weighted by Crippen LogP contribution is 2.80. The summed E-state index contributed by atoms with van der Waals surface area (Å²) in [6.07, 6.45) is -1.88. The standard InChI is InChI=1S/C21H17F7N6O2/c22-12-1-2-13(14(23)3-12)19(35,9-34-11-31-32-33-34)21(27,28)18-6-17(7-18,8-18)15-4-30-16(5-29-15)36-10-20(24,25)26/h1-5,11,35H,6-10H2. The molecule has 6 rings (SSSR count). The van der Waals surface area contributed by atoms with Gasteiger partial charge in [0, 0.05) is 22.5 Å². The van der Waals surface area contributed by atoms with E-state index in [1.165, 1.54) is 6.20 Å². The molecule has 0 saturated heterocycles. The highest BCUT2D eigenvalue weighted by atomic mass is 19.4. The zero-order chi connectivity index (χ0) is 26.0. The second-order valence-electron chi connectivity index (χ2n) is 9.30. The van der Waals surface area contributed by atoms with Crippen molar-refractivity contribution in [2.24, 2.45) is 5.41 Å². The molecular formula is C21H17F7N6O2. The van der Waals surface area contributed by atoms with E-state index in [9.17, 15) is 27.1 Å². The van der Waals surface area contributed by atoms with Crippen LogP contribution < -0.4 is 4.74 Å². The summed E-state index contributed by atoms with van der Waals surface area (Å²) in [6, 6.07) is 1.92. The van der Waals surface area contributed by atoms with Gasteiger partial charge in [-0.15, -0.1) is 5.10 Å².